The highest BCUT2D eigenvalue weighted by molar-refractivity contribution is 6.30. The lowest BCUT2D eigenvalue weighted by molar-refractivity contribution is 0.586. The Morgan fingerprint density at radius 3 is 2.48 bits per heavy atom. The normalized spacial score (nSPS) is 10.4. The van der Waals surface area contributed by atoms with Crippen LogP contribution in [0.1, 0.15) is 0 Å². The van der Waals surface area contributed by atoms with Gasteiger partial charge >= 0.3 is 0 Å². The van der Waals surface area contributed by atoms with Crippen molar-refractivity contribution in [1.29, 1.82) is 0 Å². The Balaban J connectivity index is 1.78. The minimum Gasteiger partial charge on any atom is -0.339 e. The molecule has 0 spiro atoms. The van der Waals surface area contributed by atoms with Crippen molar-refractivity contribution in [3.8, 4) is 0 Å². The molecule has 1 aromatic heterocycles. The minimum atomic E-state index is -0.746. The van der Waals surface area contributed by atoms with E-state index in [1.165, 1.54) is 12.3 Å². The Morgan fingerprint density at radius 2 is 1.74 bits per heavy atom. The summed E-state index contributed by atoms with van der Waals surface area (Å²) in [5.74, 6) is -0.920. The van der Waals surface area contributed by atoms with Crippen molar-refractivity contribution in [1.82, 2.24) is 15.2 Å². The van der Waals surface area contributed by atoms with E-state index in [-0.39, 0.29) is 11.6 Å². The number of aromatic nitrogens is 3. The molecule has 5 nitrogen and oxygen atoms in total. The van der Waals surface area contributed by atoms with Gasteiger partial charge in [0.2, 0.25) is 5.95 Å². The summed E-state index contributed by atoms with van der Waals surface area (Å²) in [6.45, 7) is 0. The van der Waals surface area contributed by atoms with Gasteiger partial charge in [-0.15, -0.1) is 5.10 Å². The van der Waals surface area contributed by atoms with Crippen molar-refractivity contribution in [2.75, 3.05) is 10.6 Å². The third kappa shape index (κ3) is 3.89. The van der Waals surface area contributed by atoms with Gasteiger partial charge < -0.3 is 10.6 Å². The van der Waals surface area contributed by atoms with E-state index in [2.05, 4.69) is 25.8 Å². The Hall–Kier alpha value is -2.80. The molecule has 0 aliphatic carbocycles. The molecule has 2 aromatic carbocycles. The summed E-state index contributed by atoms with van der Waals surface area (Å²) >= 11 is 5.82. The first-order valence-corrected chi connectivity index (χ1v) is 6.92. The quantitative estimate of drug-likeness (QED) is 0.745. The van der Waals surface area contributed by atoms with E-state index in [4.69, 9.17) is 11.6 Å². The standard InChI is InChI=1S/C15H10ClF2N5/c16-9-1-4-11(5-2-9)20-14-8-19-23-15(22-14)21-13-6-3-10(17)7-12(13)18/h1-8H,(H2,20,21,22,23). The van der Waals surface area contributed by atoms with E-state index in [0.717, 1.165) is 17.8 Å². The third-order valence-electron chi connectivity index (χ3n) is 2.85. The summed E-state index contributed by atoms with van der Waals surface area (Å²) in [5, 5.41) is 13.8. The molecule has 2 N–H and O–H groups in total. The van der Waals surface area contributed by atoms with Gasteiger partial charge in [-0.05, 0) is 36.4 Å². The molecule has 0 saturated heterocycles. The molecule has 0 saturated carbocycles. The second-order valence-corrected chi connectivity index (χ2v) is 4.98. The fourth-order valence-electron chi connectivity index (χ4n) is 1.81. The Labute approximate surface area is 135 Å². The number of nitrogens with one attached hydrogen (secondary N) is 2. The maximum Gasteiger partial charge on any atom is 0.249 e. The second-order valence-electron chi connectivity index (χ2n) is 4.55. The average molecular weight is 334 g/mol. The molecule has 0 amide bonds. The molecule has 116 valence electrons. The molecular formula is C15H10ClF2N5. The predicted octanol–water partition coefficient (Wildman–Crippen LogP) is 4.29. The summed E-state index contributed by atoms with van der Waals surface area (Å²) < 4.78 is 26.5. The highest BCUT2D eigenvalue weighted by Crippen LogP contribution is 2.20. The van der Waals surface area contributed by atoms with Crippen molar-refractivity contribution in [2.45, 2.75) is 0 Å². The van der Waals surface area contributed by atoms with Crippen LogP contribution in [0.2, 0.25) is 5.02 Å². The Kier molecular flexibility index (Phi) is 4.29. The van der Waals surface area contributed by atoms with Crippen LogP contribution in [-0.2, 0) is 0 Å². The lowest BCUT2D eigenvalue weighted by Crippen LogP contribution is -2.03. The van der Waals surface area contributed by atoms with Crippen molar-refractivity contribution in [3.05, 3.63) is 65.3 Å². The SMILES string of the molecule is Fc1ccc(Nc2nncc(Nc3ccc(Cl)cc3)n2)c(F)c1. The largest absolute Gasteiger partial charge is 0.339 e. The molecule has 0 radical (unpaired) electrons. The minimum absolute atomic E-state index is 0.0526. The van der Waals surface area contributed by atoms with Crippen LogP contribution in [0.25, 0.3) is 0 Å². The maximum atomic E-state index is 13.6. The second kappa shape index (κ2) is 6.53. The molecular weight excluding hydrogens is 324 g/mol. The zero-order valence-electron chi connectivity index (χ0n) is 11.6. The Bertz CT molecular complexity index is 826. The number of halogens is 3. The molecule has 0 atom stereocenters. The third-order valence-corrected chi connectivity index (χ3v) is 3.11. The first-order chi connectivity index (χ1) is 11.1. The van der Waals surface area contributed by atoms with E-state index >= 15 is 0 Å². The number of benzene rings is 2. The highest BCUT2D eigenvalue weighted by atomic mass is 35.5. The zero-order valence-corrected chi connectivity index (χ0v) is 12.4. The summed E-state index contributed by atoms with van der Waals surface area (Å²) in [4.78, 5) is 4.16. The maximum absolute atomic E-state index is 13.6. The fraction of sp³-hybridized carbons (Fsp3) is 0. The summed E-state index contributed by atoms with van der Waals surface area (Å²) in [5.41, 5.74) is 0.811. The first-order valence-electron chi connectivity index (χ1n) is 6.54. The van der Waals surface area contributed by atoms with Crippen LogP contribution in [0.3, 0.4) is 0 Å². The number of hydrogen-bond acceptors (Lipinski definition) is 5. The molecule has 0 unspecified atom stereocenters. The van der Waals surface area contributed by atoms with E-state index in [0.29, 0.717) is 10.8 Å². The monoisotopic (exact) mass is 333 g/mol. The molecule has 0 bridgehead atoms. The number of nitrogens with zero attached hydrogens (tertiary/aromatic N) is 3. The highest BCUT2D eigenvalue weighted by Gasteiger charge is 2.07. The summed E-state index contributed by atoms with van der Waals surface area (Å²) in [6.07, 6.45) is 1.42. The van der Waals surface area contributed by atoms with Crippen LogP contribution in [0.4, 0.5) is 31.9 Å². The summed E-state index contributed by atoms with van der Waals surface area (Å²) in [7, 11) is 0. The lowest BCUT2D eigenvalue weighted by Gasteiger charge is -2.08. The first kappa shape index (κ1) is 15.1. The fourth-order valence-corrected chi connectivity index (χ4v) is 1.94. The Morgan fingerprint density at radius 1 is 0.957 bits per heavy atom. The van der Waals surface area contributed by atoms with Gasteiger partial charge in [0.05, 0.1) is 11.9 Å². The molecule has 23 heavy (non-hydrogen) atoms. The van der Waals surface area contributed by atoms with Gasteiger partial charge in [-0.3, -0.25) is 0 Å². The van der Waals surface area contributed by atoms with Crippen LogP contribution in [0, 0.1) is 11.6 Å². The van der Waals surface area contributed by atoms with Gasteiger partial charge in [-0.25, -0.2) is 8.78 Å². The molecule has 8 heteroatoms. The van der Waals surface area contributed by atoms with Crippen LogP contribution in [0.5, 0.6) is 0 Å². The predicted molar refractivity (Wildman–Crippen MR) is 84.2 cm³/mol. The zero-order chi connectivity index (χ0) is 16.2. The van der Waals surface area contributed by atoms with E-state index in [9.17, 15) is 8.78 Å². The van der Waals surface area contributed by atoms with Gasteiger partial charge in [-0.1, -0.05) is 11.6 Å². The van der Waals surface area contributed by atoms with Crippen molar-refractivity contribution < 1.29 is 8.78 Å². The van der Waals surface area contributed by atoms with Crippen molar-refractivity contribution >= 4 is 34.7 Å². The lowest BCUT2D eigenvalue weighted by atomic mass is 10.3. The number of rotatable bonds is 4. The van der Waals surface area contributed by atoms with Crippen LogP contribution in [0.15, 0.2) is 48.7 Å². The van der Waals surface area contributed by atoms with Crippen molar-refractivity contribution in [3.63, 3.8) is 0 Å². The van der Waals surface area contributed by atoms with Gasteiger partial charge in [0.25, 0.3) is 0 Å². The smallest absolute Gasteiger partial charge is 0.249 e. The molecule has 1 heterocycles. The van der Waals surface area contributed by atoms with Crippen LogP contribution < -0.4 is 10.6 Å². The topological polar surface area (TPSA) is 62.7 Å². The average Bonchev–Trinajstić information content (AvgIpc) is 2.53. The van der Waals surface area contributed by atoms with E-state index in [1.807, 2.05) is 0 Å². The number of hydrogen-bond donors (Lipinski definition) is 2. The van der Waals surface area contributed by atoms with Gasteiger partial charge in [-0.2, -0.15) is 10.1 Å². The van der Waals surface area contributed by atoms with Gasteiger partial charge in [0.15, 0.2) is 5.82 Å². The van der Waals surface area contributed by atoms with Gasteiger partial charge in [0, 0.05) is 16.8 Å². The summed E-state index contributed by atoms with van der Waals surface area (Å²) in [6, 6.07) is 10.2. The van der Waals surface area contributed by atoms with Gasteiger partial charge in [0.1, 0.15) is 11.6 Å². The molecule has 0 fully saturated rings. The molecule has 3 aromatic rings. The van der Waals surface area contributed by atoms with E-state index in [1.54, 1.807) is 24.3 Å². The molecule has 3 rings (SSSR count). The van der Waals surface area contributed by atoms with Crippen LogP contribution >= 0.6 is 11.6 Å². The number of anilines is 4. The molecule has 0 aliphatic heterocycles. The van der Waals surface area contributed by atoms with E-state index < -0.39 is 11.6 Å². The molecule has 0 aliphatic rings. The van der Waals surface area contributed by atoms with Crippen molar-refractivity contribution in [2.24, 2.45) is 0 Å². The van der Waals surface area contributed by atoms with Crippen LogP contribution in [-0.4, -0.2) is 15.2 Å².